The van der Waals surface area contributed by atoms with Gasteiger partial charge in [0.05, 0.1) is 11.2 Å². The van der Waals surface area contributed by atoms with Gasteiger partial charge >= 0.3 is 0 Å². The van der Waals surface area contributed by atoms with Gasteiger partial charge in [-0.15, -0.1) is 0 Å². The first kappa shape index (κ1) is 32.7. The molecule has 0 aliphatic heterocycles. The Bertz CT molecular complexity index is 3250. The number of rotatable bonds is 6. The van der Waals surface area contributed by atoms with Gasteiger partial charge in [0.2, 0.25) is 0 Å². The number of aromatic nitrogens is 4. The summed E-state index contributed by atoms with van der Waals surface area (Å²) in [7, 11) is 0. The summed E-state index contributed by atoms with van der Waals surface area (Å²) in [4.78, 5) is 20.2. The molecule has 11 rings (SSSR count). The van der Waals surface area contributed by atoms with Crippen molar-refractivity contribution in [3.8, 4) is 67.7 Å². The van der Waals surface area contributed by atoms with E-state index in [9.17, 15) is 0 Å². The van der Waals surface area contributed by atoms with Gasteiger partial charge < -0.3 is 4.42 Å². The normalized spacial score (nSPS) is 11.5. The van der Waals surface area contributed by atoms with Crippen LogP contribution in [-0.4, -0.2) is 19.9 Å². The van der Waals surface area contributed by atoms with E-state index in [1.807, 2.05) is 54.6 Å². The first-order valence-electron chi connectivity index (χ1n) is 19.0. The van der Waals surface area contributed by atoms with Crippen LogP contribution in [0.3, 0.4) is 0 Å². The molecular formula is C52H32N4O. The van der Waals surface area contributed by atoms with Crippen LogP contribution in [0.15, 0.2) is 199 Å². The van der Waals surface area contributed by atoms with Crippen molar-refractivity contribution in [2.75, 3.05) is 0 Å². The quantitative estimate of drug-likeness (QED) is 0.160. The molecule has 0 N–H and O–H groups in total. The molecule has 0 spiro atoms. The van der Waals surface area contributed by atoms with Crippen LogP contribution in [0, 0.1) is 0 Å². The maximum atomic E-state index is 6.39. The molecule has 0 radical (unpaired) electrons. The third-order valence-electron chi connectivity index (χ3n) is 10.7. The van der Waals surface area contributed by atoms with Crippen LogP contribution in [0.25, 0.3) is 111 Å². The average Bonchev–Trinajstić information content (AvgIpc) is 3.68. The molecule has 57 heavy (non-hydrogen) atoms. The Morgan fingerprint density at radius 1 is 0.281 bits per heavy atom. The van der Waals surface area contributed by atoms with Gasteiger partial charge in [-0.1, -0.05) is 164 Å². The van der Waals surface area contributed by atoms with Crippen molar-refractivity contribution in [2.45, 2.75) is 0 Å². The Morgan fingerprint density at radius 3 is 1.39 bits per heavy atom. The highest BCUT2D eigenvalue weighted by Gasteiger charge is 2.18. The molecule has 11 aromatic rings. The maximum Gasteiger partial charge on any atom is 0.164 e. The van der Waals surface area contributed by atoms with E-state index in [0.717, 1.165) is 88.3 Å². The standard InChI is InChI=1S/C52H32N4O/c1-4-12-33(13-5-1)34-20-24-38(25-21-34)51-54-50(37-16-8-3-9-17-37)55-52(56-51)39-26-22-35(23-27-39)40-28-30-44-43(32-40)47-42(49(53-44)36-14-6-2-7-15-36)29-31-46-48(47)41-18-10-11-19-45(41)57-46/h1-32H. The van der Waals surface area contributed by atoms with Crippen molar-refractivity contribution >= 4 is 43.6 Å². The average molecular weight is 729 g/mol. The predicted octanol–water partition coefficient (Wildman–Crippen LogP) is 13.5. The first-order valence-corrected chi connectivity index (χ1v) is 19.0. The molecule has 0 atom stereocenters. The van der Waals surface area contributed by atoms with E-state index in [0.29, 0.717) is 17.5 Å². The molecule has 0 amide bonds. The van der Waals surface area contributed by atoms with Gasteiger partial charge in [0.15, 0.2) is 17.5 Å². The third kappa shape index (κ3) is 5.81. The summed E-state index contributed by atoms with van der Waals surface area (Å²) in [5, 5.41) is 5.52. The Hall–Kier alpha value is -7.76. The smallest absolute Gasteiger partial charge is 0.164 e. The van der Waals surface area contributed by atoms with Gasteiger partial charge in [-0.2, -0.15) is 0 Å². The van der Waals surface area contributed by atoms with Crippen molar-refractivity contribution in [2.24, 2.45) is 0 Å². The molecule has 5 heteroatoms. The molecule has 0 saturated heterocycles. The van der Waals surface area contributed by atoms with Crippen LogP contribution >= 0.6 is 0 Å². The number of nitrogens with zero attached hydrogens (tertiary/aromatic N) is 4. The minimum atomic E-state index is 0.619. The largest absolute Gasteiger partial charge is 0.456 e. The zero-order chi connectivity index (χ0) is 37.7. The van der Waals surface area contributed by atoms with E-state index in [2.05, 4.69) is 140 Å². The lowest BCUT2D eigenvalue weighted by Crippen LogP contribution is -2.00. The van der Waals surface area contributed by atoms with Crippen LogP contribution in [0.4, 0.5) is 0 Å². The Kier molecular flexibility index (Phi) is 7.74. The molecule has 3 aromatic heterocycles. The summed E-state index contributed by atoms with van der Waals surface area (Å²) in [5.74, 6) is 1.88. The molecule has 0 fully saturated rings. The second-order valence-electron chi connectivity index (χ2n) is 14.2. The van der Waals surface area contributed by atoms with E-state index >= 15 is 0 Å². The molecule has 0 bridgehead atoms. The monoisotopic (exact) mass is 728 g/mol. The molecule has 0 aliphatic carbocycles. The van der Waals surface area contributed by atoms with Crippen molar-refractivity contribution in [3.05, 3.63) is 194 Å². The summed E-state index contributed by atoms with van der Waals surface area (Å²) in [6.45, 7) is 0. The van der Waals surface area contributed by atoms with Crippen LogP contribution in [-0.2, 0) is 0 Å². The van der Waals surface area contributed by atoms with Gasteiger partial charge in [-0.05, 0) is 52.6 Å². The van der Waals surface area contributed by atoms with E-state index < -0.39 is 0 Å². The predicted molar refractivity (Wildman–Crippen MR) is 233 cm³/mol. The minimum Gasteiger partial charge on any atom is -0.456 e. The van der Waals surface area contributed by atoms with Crippen molar-refractivity contribution < 1.29 is 4.42 Å². The zero-order valence-corrected chi connectivity index (χ0v) is 30.7. The number of hydrogen-bond acceptors (Lipinski definition) is 5. The number of para-hydroxylation sites is 1. The lowest BCUT2D eigenvalue weighted by molar-refractivity contribution is 0.669. The summed E-state index contributed by atoms with van der Waals surface area (Å²) < 4.78 is 6.39. The Morgan fingerprint density at radius 2 is 0.754 bits per heavy atom. The molecule has 0 saturated carbocycles. The fourth-order valence-electron chi connectivity index (χ4n) is 7.91. The van der Waals surface area contributed by atoms with E-state index in [-0.39, 0.29) is 0 Å². The third-order valence-corrected chi connectivity index (χ3v) is 10.7. The molecule has 266 valence electrons. The summed E-state index contributed by atoms with van der Waals surface area (Å²) in [6, 6.07) is 66.9. The molecule has 8 aromatic carbocycles. The molecule has 5 nitrogen and oxygen atoms in total. The van der Waals surface area contributed by atoms with Crippen LogP contribution in [0.5, 0.6) is 0 Å². The molecule has 0 aliphatic rings. The molecular weight excluding hydrogens is 697 g/mol. The van der Waals surface area contributed by atoms with E-state index in [1.165, 1.54) is 5.56 Å². The lowest BCUT2D eigenvalue weighted by Gasteiger charge is -2.13. The van der Waals surface area contributed by atoms with Gasteiger partial charge in [0, 0.05) is 49.2 Å². The number of benzene rings is 8. The number of hydrogen-bond donors (Lipinski definition) is 0. The van der Waals surface area contributed by atoms with Crippen LogP contribution in [0.1, 0.15) is 0 Å². The first-order chi connectivity index (χ1) is 28.2. The fourth-order valence-corrected chi connectivity index (χ4v) is 7.91. The van der Waals surface area contributed by atoms with Gasteiger partial charge in [0.25, 0.3) is 0 Å². The lowest BCUT2D eigenvalue weighted by atomic mass is 9.94. The Labute approximate surface area is 328 Å². The molecule has 3 heterocycles. The highest BCUT2D eigenvalue weighted by atomic mass is 16.3. The minimum absolute atomic E-state index is 0.619. The summed E-state index contributed by atoms with van der Waals surface area (Å²) in [5.41, 5.74) is 12.0. The second kappa shape index (κ2) is 13.5. The maximum absolute atomic E-state index is 6.39. The fraction of sp³-hybridized carbons (Fsp3) is 0. The Balaban J connectivity index is 1.02. The van der Waals surface area contributed by atoms with Gasteiger partial charge in [0.1, 0.15) is 11.2 Å². The zero-order valence-electron chi connectivity index (χ0n) is 30.7. The van der Waals surface area contributed by atoms with E-state index in [1.54, 1.807) is 0 Å². The summed E-state index contributed by atoms with van der Waals surface area (Å²) >= 11 is 0. The molecule has 0 unspecified atom stereocenters. The van der Waals surface area contributed by atoms with Crippen molar-refractivity contribution in [3.63, 3.8) is 0 Å². The number of pyridine rings is 1. The number of furan rings is 1. The van der Waals surface area contributed by atoms with Gasteiger partial charge in [-0.25, -0.2) is 19.9 Å². The highest BCUT2D eigenvalue weighted by Crippen LogP contribution is 2.42. The SMILES string of the molecule is c1ccc(-c2ccc(-c3nc(-c4ccccc4)nc(-c4ccc(-c5ccc6nc(-c7ccccc7)c7ccc8oc9ccccc9c8c7c6c5)cc4)n3)cc2)cc1. The van der Waals surface area contributed by atoms with Crippen molar-refractivity contribution in [1.82, 2.24) is 19.9 Å². The van der Waals surface area contributed by atoms with Crippen LogP contribution in [0.2, 0.25) is 0 Å². The topological polar surface area (TPSA) is 64.7 Å². The summed E-state index contributed by atoms with van der Waals surface area (Å²) in [6.07, 6.45) is 0. The van der Waals surface area contributed by atoms with E-state index in [4.69, 9.17) is 24.4 Å². The second-order valence-corrected chi connectivity index (χ2v) is 14.2. The number of fused-ring (bicyclic) bond motifs is 7. The van der Waals surface area contributed by atoms with Crippen LogP contribution < -0.4 is 0 Å². The highest BCUT2D eigenvalue weighted by molar-refractivity contribution is 6.28. The van der Waals surface area contributed by atoms with Gasteiger partial charge in [-0.3, -0.25) is 0 Å². The van der Waals surface area contributed by atoms with Crippen molar-refractivity contribution in [1.29, 1.82) is 0 Å².